The van der Waals surface area contributed by atoms with Crippen LogP contribution in [0.3, 0.4) is 0 Å². The number of halogens is 3. The first-order valence-electron chi connectivity index (χ1n) is 10.4. The predicted octanol–water partition coefficient (Wildman–Crippen LogP) is 4.74. The Bertz CT molecular complexity index is 1170. The fourth-order valence-corrected chi connectivity index (χ4v) is 4.64. The smallest absolute Gasteiger partial charge is 0.244 e. The summed E-state index contributed by atoms with van der Waals surface area (Å²) in [5.74, 6) is -1.00. The molecule has 0 aliphatic rings. The lowest BCUT2D eigenvalue weighted by Gasteiger charge is -2.33. The third-order valence-electron chi connectivity index (χ3n) is 4.84. The number of carbonyl (C=O) groups excluding carboxylic acids is 2. The van der Waals surface area contributed by atoms with Gasteiger partial charge in [-0.25, -0.2) is 8.42 Å². The summed E-state index contributed by atoms with van der Waals surface area (Å²) in [5.41, 5.74) is 0.145. The highest BCUT2D eigenvalue weighted by Crippen LogP contribution is 2.33. The Morgan fingerprint density at radius 3 is 2.15 bits per heavy atom. The Hall–Kier alpha value is -2.00. The van der Waals surface area contributed by atoms with Gasteiger partial charge in [-0.3, -0.25) is 13.9 Å². The van der Waals surface area contributed by atoms with Gasteiger partial charge in [0.15, 0.2) is 0 Å². The summed E-state index contributed by atoms with van der Waals surface area (Å²) in [6, 6.07) is 10.5. The molecule has 0 unspecified atom stereocenters. The highest BCUT2D eigenvalue weighted by Gasteiger charge is 2.32. The topological polar surface area (TPSA) is 86.8 Å². The van der Waals surface area contributed by atoms with Gasteiger partial charge in [0.2, 0.25) is 21.8 Å². The van der Waals surface area contributed by atoms with E-state index in [4.69, 9.17) is 34.8 Å². The Labute approximate surface area is 216 Å². The lowest BCUT2D eigenvalue weighted by atomic mass is 10.1. The van der Waals surface area contributed by atoms with Crippen LogP contribution in [0.15, 0.2) is 42.5 Å². The van der Waals surface area contributed by atoms with Crippen LogP contribution in [0.4, 0.5) is 5.69 Å². The summed E-state index contributed by atoms with van der Waals surface area (Å²) in [5, 5.41) is 3.41. The van der Waals surface area contributed by atoms with Crippen molar-refractivity contribution in [3.63, 3.8) is 0 Å². The normalized spacial score (nSPS) is 12.7. The summed E-state index contributed by atoms with van der Waals surface area (Å²) < 4.78 is 26.1. The van der Waals surface area contributed by atoms with Gasteiger partial charge in [0.05, 0.1) is 22.0 Å². The molecule has 1 atom stereocenters. The Morgan fingerprint density at radius 2 is 1.59 bits per heavy atom. The number of amides is 2. The van der Waals surface area contributed by atoms with Crippen molar-refractivity contribution in [2.45, 2.75) is 45.8 Å². The molecule has 0 fully saturated rings. The molecule has 2 amide bonds. The molecule has 0 aliphatic carbocycles. The molecule has 0 saturated carbocycles. The molecule has 11 heteroatoms. The van der Waals surface area contributed by atoms with Crippen molar-refractivity contribution in [3.8, 4) is 0 Å². The van der Waals surface area contributed by atoms with E-state index in [1.165, 1.54) is 23.1 Å². The number of benzene rings is 2. The summed E-state index contributed by atoms with van der Waals surface area (Å²) in [4.78, 5) is 27.7. The van der Waals surface area contributed by atoms with Gasteiger partial charge < -0.3 is 10.2 Å². The number of hydrogen-bond acceptors (Lipinski definition) is 4. The fourth-order valence-electron chi connectivity index (χ4n) is 3.15. The number of rotatable bonds is 8. The van der Waals surface area contributed by atoms with Crippen molar-refractivity contribution in [1.29, 1.82) is 0 Å². The molecule has 7 nitrogen and oxygen atoms in total. The van der Waals surface area contributed by atoms with Gasteiger partial charge in [0.25, 0.3) is 0 Å². The van der Waals surface area contributed by atoms with Gasteiger partial charge in [0, 0.05) is 17.1 Å². The second kappa shape index (κ2) is 11.2. The van der Waals surface area contributed by atoms with E-state index in [-0.39, 0.29) is 28.2 Å². The van der Waals surface area contributed by atoms with E-state index in [2.05, 4.69) is 5.32 Å². The highest BCUT2D eigenvalue weighted by molar-refractivity contribution is 7.92. The standard InChI is InChI=1S/C23H28Cl3N3O4S/c1-15(22(31)27-23(2,3)4)28(13-16-9-6-7-10-17(16)24)20(30)14-29(34(5,32)33)19-12-8-11-18(25)21(19)26/h6-12,15H,13-14H2,1-5H3,(H,27,31)/t15-/m1/s1. The Balaban J connectivity index is 2.47. The molecule has 2 aromatic rings. The molecule has 1 N–H and O–H groups in total. The van der Waals surface area contributed by atoms with Gasteiger partial charge in [-0.2, -0.15) is 0 Å². The van der Waals surface area contributed by atoms with Crippen LogP contribution in [0, 0.1) is 0 Å². The lowest BCUT2D eigenvalue weighted by Crippen LogP contribution is -2.54. The monoisotopic (exact) mass is 547 g/mol. The average Bonchev–Trinajstić information content (AvgIpc) is 2.71. The largest absolute Gasteiger partial charge is 0.350 e. The van der Waals surface area contributed by atoms with E-state index in [0.29, 0.717) is 10.6 Å². The maximum absolute atomic E-state index is 13.5. The van der Waals surface area contributed by atoms with Gasteiger partial charge in [0.1, 0.15) is 12.6 Å². The van der Waals surface area contributed by atoms with Crippen LogP contribution in [-0.2, 0) is 26.2 Å². The van der Waals surface area contributed by atoms with Crippen molar-refractivity contribution >= 4 is 62.3 Å². The van der Waals surface area contributed by atoms with Crippen LogP contribution < -0.4 is 9.62 Å². The summed E-state index contributed by atoms with van der Waals surface area (Å²) in [6.07, 6.45) is 0.964. The number of sulfonamides is 1. The third kappa shape index (κ3) is 7.50. The zero-order valence-electron chi connectivity index (χ0n) is 19.6. The predicted molar refractivity (Wildman–Crippen MR) is 138 cm³/mol. The third-order valence-corrected chi connectivity index (χ3v) is 7.15. The van der Waals surface area contributed by atoms with Crippen LogP contribution in [0.2, 0.25) is 15.1 Å². The minimum atomic E-state index is -3.93. The molecule has 0 saturated heterocycles. The SMILES string of the molecule is C[C@H](C(=O)NC(C)(C)C)N(Cc1ccccc1Cl)C(=O)CN(c1cccc(Cl)c1Cl)S(C)(=O)=O. The van der Waals surface area contributed by atoms with Gasteiger partial charge in [-0.1, -0.05) is 59.1 Å². The average molecular weight is 549 g/mol. The second-order valence-corrected chi connectivity index (χ2v) is 12.0. The van der Waals surface area contributed by atoms with Crippen molar-refractivity contribution in [2.75, 3.05) is 17.1 Å². The fraction of sp³-hybridized carbons (Fsp3) is 0.391. The first kappa shape index (κ1) is 28.2. The maximum Gasteiger partial charge on any atom is 0.244 e. The number of carbonyl (C=O) groups is 2. The molecule has 186 valence electrons. The number of nitrogens with one attached hydrogen (secondary N) is 1. The van der Waals surface area contributed by atoms with Gasteiger partial charge in [-0.15, -0.1) is 0 Å². The van der Waals surface area contributed by atoms with Crippen molar-refractivity contribution in [1.82, 2.24) is 10.2 Å². The van der Waals surface area contributed by atoms with Crippen LogP contribution in [0.5, 0.6) is 0 Å². The minimum absolute atomic E-state index is 0.00132. The quantitative estimate of drug-likeness (QED) is 0.516. The van der Waals surface area contributed by atoms with E-state index in [1.807, 2.05) is 20.8 Å². The molecule has 2 aromatic carbocycles. The van der Waals surface area contributed by atoms with Crippen LogP contribution >= 0.6 is 34.8 Å². The molecule has 0 radical (unpaired) electrons. The molecule has 0 aromatic heterocycles. The lowest BCUT2D eigenvalue weighted by molar-refractivity contribution is -0.140. The van der Waals surface area contributed by atoms with Crippen LogP contribution in [0.25, 0.3) is 0 Å². The zero-order chi connectivity index (χ0) is 25.8. The summed E-state index contributed by atoms with van der Waals surface area (Å²) in [7, 11) is -3.93. The zero-order valence-corrected chi connectivity index (χ0v) is 22.7. The van der Waals surface area contributed by atoms with E-state index in [9.17, 15) is 18.0 Å². The summed E-state index contributed by atoms with van der Waals surface area (Å²) in [6.45, 7) is 6.46. The molecular formula is C23H28Cl3N3O4S. The molecule has 0 spiro atoms. The number of hydrogen-bond donors (Lipinski definition) is 1. The second-order valence-electron chi connectivity index (χ2n) is 8.87. The van der Waals surface area contributed by atoms with E-state index in [1.54, 1.807) is 31.2 Å². The Kier molecular flexibility index (Phi) is 9.27. The van der Waals surface area contributed by atoms with Crippen LogP contribution in [-0.4, -0.2) is 49.5 Å². The Morgan fingerprint density at radius 1 is 1.00 bits per heavy atom. The van der Waals surface area contributed by atoms with Crippen LogP contribution in [0.1, 0.15) is 33.3 Å². The maximum atomic E-state index is 13.5. The van der Waals surface area contributed by atoms with Gasteiger partial charge >= 0.3 is 0 Å². The van der Waals surface area contributed by atoms with Gasteiger partial charge in [-0.05, 0) is 51.5 Å². The molecule has 0 aliphatic heterocycles. The van der Waals surface area contributed by atoms with E-state index >= 15 is 0 Å². The first-order chi connectivity index (χ1) is 15.6. The first-order valence-corrected chi connectivity index (χ1v) is 13.4. The highest BCUT2D eigenvalue weighted by atomic mass is 35.5. The van der Waals surface area contributed by atoms with E-state index in [0.717, 1.165) is 10.6 Å². The van der Waals surface area contributed by atoms with Crippen molar-refractivity contribution in [2.24, 2.45) is 0 Å². The molecule has 0 bridgehead atoms. The van der Waals surface area contributed by atoms with Crippen molar-refractivity contribution in [3.05, 3.63) is 63.1 Å². The number of anilines is 1. The molecular weight excluding hydrogens is 521 g/mol. The molecule has 34 heavy (non-hydrogen) atoms. The molecule has 2 rings (SSSR count). The van der Waals surface area contributed by atoms with E-state index < -0.39 is 34.1 Å². The molecule has 0 heterocycles. The minimum Gasteiger partial charge on any atom is -0.350 e. The number of nitrogens with zero attached hydrogens (tertiary/aromatic N) is 2. The van der Waals surface area contributed by atoms with Crippen molar-refractivity contribution < 1.29 is 18.0 Å². The summed E-state index contributed by atoms with van der Waals surface area (Å²) >= 11 is 18.6.